The van der Waals surface area contributed by atoms with E-state index < -0.39 is 0 Å². The Balaban J connectivity index is 2.19. The zero-order valence-electron chi connectivity index (χ0n) is 8.64. The third kappa shape index (κ3) is 1.57. The van der Waals surface area contributed by atoms with Gasteiger partial charge in [-0.15, -0.1) is 0 Å². The molecule has 6 nitrogen and oxygen atoms in total. The van der Waals surface area contributed by atoms with Crippen molar-refractivity contribution in [1.82, 2.24) is 25.5 Å². The van der Waals surface area contributed by atoms with Crippen molar-refractivity contribution in [2.45, 2.75) is 19.4 Å². The molecule has 0 aromatic carbocycles. The van der Waals surface area contributed by atoms with E-state index in [1.165, 1.54) is 0 Å². The number of piperazine rings is 1. The van der Waals surface area contributed by atoms with Crippen LogP contribution in [0.2, 0.25) is 0 Å². The van der Waals surface area contributed by atoms with E-state index in [9.17, 15) is 0 Å². The molecule has 1 atom stereocenters. The van der Waals surface area contributed by atoms with Crippen LogP contribution in [0, 0.1) is 0 Å². The lowest BCUT2D eigenvalue weighted by molar-refractivity contribution is 0.453. The van der Waals surface area contributed by atoms with Gasteiger partial charge in [0.05, 0.1) is 0 Å². The second-order valence-electron chi connectivity index (χ2n) is 3.56. The van der Waals surface area contributed by atoms with Gasteiger partial charge in [0.1, 0.15) is 0 Å². The van der Waals surface area contributed by atoms with Gasteiger partial charge in [-0.25, -0.2) is 4.68 Å². The molecule has 0 amide bonds. The van der Waals surface area contributed by atoms with Crippen LogP contribution < -0.4 is 10.2 Å². The Labute approximate surface area is 83.3 Å². The average molecular weight is 196 g/mol. The third-order valence-corrected chi connectivity index (χ3v) is 2.68. The van der Waals surface area contributed by atoms with Crippen LogP contribution in [-0.4, -0.2) is 45.9 Å². The maximum Gasteiger partial charge on any atom is 0.245 e. The van der Waals surface area contributed by atoms with E-state index in [1.807, 2.05) is 7.05 Å². The van der Waals surface area contributed by atoms with Crippen LogP contribution in [0.1, 0.15) is 13.3 Å². The zero-order valence-corrected chi connectivity index (χ0v) is 8.64. The lowest BCUT2D eigenvalue weighted by Gasteiger charge is -2.35. The normalized spacial score (nSPS) is 22.7. The zero-order chi connectivity index (χ0) is 9.97. The summed E-state index contributed by atoms with van der Waals surface area (Å²) in [6.45, 7) is 5.19. The number of rotatable bonds is 2. The van der Waals surface area contributed by atoms with E-state index in [0.29, 0.717) is 6.04 Å². The summed E-state index contributed by atoms with van der Waals surface area (Å²) in [6.07, 6.45) is 1.11. The van der Waals surface area contributed by atoms with Gasteiger partial charge >= 0.3 is 0 Å². The fraction of sp³-hybridized carbons (Fsp3) is 0.875. The predicted molar refractivity (Wildman–Crippen MR) is 53.1 cm³/mol. The van der Waals surface area contributed by atoms with E-state index in [-0.39, 0.29) is 0 Å². The van der Waals surface area contributed by atoms with Crippen molar-refractivity contribution in [3.8, 4) is 0 Å². The molecule has 1 aliphatic heterocycles. The lowest BCUT2D eigenvalue weighted by atomic mass is 10.1. The summed E-state index contributed by atoms with van der Waals surface area (Å²) in [7, 11) is 1.88. The highest BCUT2D eigenvalue weighted by Gasteiger charge is 2.24. The van der Waals surface area contributed by atoms with E-state index >= 15 is 0 Å². The number of aromatic nitrogens is 4. The third-order valence-electron chi connectivity index (χ3n) is 2.68. The topological polar surface area (TPSA) is 58.9 Å². The summed E-state index contributed by atoms with van der Waals surface area (Å²) < 4.78 is 1.73. The average Bonchev–Trinajstić information content (AvgIpc) is 2.64. The van der Waals surface area contributed by atoms with Crippen LogP contribution in [-0.2, 0) is 7.05 Å². The first-order valence-electron chi connectivity index (χ1n) is 5.02. The molecule has 0 aliphatic carbocycles. The molecule has 0 radical (unpaired) electrons. The number of aryl methyl sites for hydroxylation is 1. The summed E-state index contributed by atoms with van der Waals surface area (Å²) >= 11 is 0. The summed E-state index contributed by atoms with van der Waals surface area (Å²) in [5.74, 6) is 0.873. The van der Waals surface area contributed by atoms with E-state index in [2.05, 4.69) is 32.7 Å². The molecule has 6 heteroatoms. The smallest absolute Gasteiger partial charge is 0.245 e. The molecule has 14 heavy (non-hydrogen) atoms. The van der Waals surface area contributed by atoms with Gasteiger partial charge in [-0.2, -0.15) is 0 Å². The van der Waals surface area contributed by atoms with Crippen molar-refractivity contribution < 1.29 is 0 Å². The Morgan fingerprint density at radius 1 is 1.57 bits per heavy atom. The quantitative estimate of drug-likeness (QED) is 0.684. The standard InChI is InChI=1S/C8H16N6/c1-3-7-6-9-4-5-14(7)8-10-11-12-13(8)2/h7,9H,3-6H2,1-2H3. The number of anilines is 1. The van der Waals surface area contributed by atoms with Gasteiger partial charge in [-0.05, 0) is 16.8 Å². The van der Waals surface area contributed by atoms with Gasteiger partial charge in [0.15, 0.2) is 0 Å². The Hall–Kier alpha value is -1.17. The Bertz CT molecular complexity index is 296. The fourth-order valence-electron chi connectivity index (χ4n) is 1.86. The Morgan fingerprint density at radius 3 is 3.07 bits per heavy atom. The van der Waals surface area contributed by atoms with E-state index in [1.54, 1.807) is 4.68 Å². The van der Waals surface area contributed by atoms with Crippen LogP contribution in [0.15, 0.2) is 0 Å². The summed E-state index contributed by atoms with van der Waals surface area (Å²) in [5, 5.41) is 14.9. The highest BCUT2D eigenvalue weighted by Crippen LogP contribution is 2.14. The van der Waals surface area contributed by atoms with Gasteiger partial charge in [-0.1, -0.05) is 12.0 Å². The molecule has 1 aromatic rings. The lowest BCUT2D eigenvalue weighted by Crippen LogP contribution is -2.52. The molecule has 1 aliphatic rings. The van der Waals surface area contributed by atoms with Crippen LogP contribution in [0.4, 0.5) is 5.95 Å². The van der Waals surface area contributed by atoms with Gasteiger partial charge in [0.2, 0.25) is 5.95 Å². The molecule has 78 valence electrons. The minimum atomic E-state index is 0.508. The number of tetrazole rings is 1. The van der Waals surface area contributed by atoms with E-state index in [4.69, 9.17) is 0 Å². The maximum absolute atomic E-state index is 4.04. The van der Waals surface area contributed by atoms with Crippen LogP contribution in [0.5, 0.6) is 0 Å². The van der Waals surface area contributed by atoms with Crippen molar-refractivity contribution in [1.29, 1.82) is 0 Å². The molecule has 1 fully saturated rings. The monoisotopic (exact) mass is 196 g/mol. The van der Waals surface area contributed by atoms with Gasteiger partial charge in [0.25, 0.3) is 0 Å². The van der Waals surface area contributed by atoms with Crippen molar-refractivity contribution in [2.24, 2.45) is 7.05 Å². The van der Waals surface area contributed by atoms with Crippen molar-refractivity contribution >= 4 is 5.95 Å². The first-order valence-corrected chi connectivity index (χ1v) is 5.02. The number of hydrogen-bond donors (Lipinski definition) is 1. The molecule has 1 saturated heterocycles. The van der Waals surface area contributed by atoms with Crippen molar-refractivity contribution in [3.63, 3.8) is 0 Å². The molecule has 0 spiro atoms. The summed E-state index contributed by atoms with van der Waals surface area (Å²) in [5.41, 5.74) is 0. The van der Waals surface area contributed by atoms with Crippen molar-refractivity contribution in [2.75, 3.05) is 24.5 Å². The molecule has 1 aromatic heterocycles. The van der Waals surface area contributed by atoms with Crippen LogP contribution in [0.3, 0.4) is 0 Å². The molecule has 1 unspecified atom stereocenters. The van der Waals surface area contributed by atoms with Crippen LogP contribution in [0.25, 0.3) is 0 Å². The minimum Gasteiger partial charge on any atom is -0.334 e. The molecular weight excluding hydrogens is 180 g/mol. The highest BCUT2D eigenvalue weighted by molar-refractivity contribution is 5.31. The first-order chi connectivity index (χ1) is 6.83. The highest BCUT2D eigenvalue weighted by atomic mass is 15.6. The van der Waals surface area contributed by atoms with Gasteiger partial charge in [-0.3, -0.25) is 0 Å². The number of hydrogen-bond acceptors (Lipinski definition) is 5. The van der Waals surface area contributed by atoms with Crippen LogP contribution >= 0.6 is 0 Å². The summed E-state index contributed by atoms with van der Waals surface area (Å²) in [4.78, 5) is 2.27. The summed E-state index contributed by atoms with van der Waals surface area (Å²) in [6, 6.07) is 0.508. The number of nitrogens with one attached hydrogen (secondary N) is 1. The van der Waals surface area contributed by atoms with Gasteiger partial charge < -0.3 is 10.2 Å². The molecular formula is C8H16N6. The van der Waals surface area contributed by atoms with Gasteiger partial charge in [0, 0.05) is 32.7 Å². The molecule has 2 rings (SSSR count). The Morgan fingerprint density at radius 2 is 2.43 bits per heavy atom. The number of nitrogens with zero attached hydrogens (tertiary/aromatic N) is 5. The maximum atomic E-state index is 4.04. The minimum absolute atomic E-state index is 0.508. The fourth-order valence-corrected chi connectivity index (χ4v) is 1.86. The van der Waals surface area contributed by atoms with Crippen molar-refractivity contribution in [3.05, 3.63) is 0 Å². The SMILES string of the molecule is CCC1CNCCN1c1nnnn1C. The molecule has 1 N–H and O–H groups in total. The first kappa shape index (κ1) is 9.39. The molecule has 2 heterocycles. The molecule has 0 saturated carbocycles. The van der Waals surface area contributed by atoms with E-state index in [0.717, 1.165) is 32.0 Å². The second kappa shape index (κ2) is 3.91. The largest absolute Gasteiger partial charge is 0.334 e. The molecule has 0 bridgehead atoms. The Kier molecular flexibility index (Phi) is 2.62. The predicted octanol–water partition coefficient (Wildman–Crippen LogP) is -0.602. The second-order valence-corrected chi connectivity index (χ2v) is 3.56.